The van der Waals surface area contributed by atoms with Gasteiger partial charge >= 0.3 is 5.97 Å². The molecule has 1 aromatic carbocycles. The molecule has 1 unspecified atom stereocenters. The Morgan fingerprint density at radius 2 is 1.80 bits per heavy atom. The molecule has 0 radical (unpaired) electrons. The second-order valence-electron chi connectivity index (χ2n) is 6.00. The van der Waals surface area contributed by atoms with Crippen LogP contribution in [0.3, 0.4) is 0 Å². The van der Waals surface area contributed by atoms with Crippen molar-refractivity contribution < 1.29 is 23.5 Å². The first kappa shape index (κ1) is 21.1. The van der Waals surface area contributed by atoms with Crippen molar-refractivity contribution in [1.29, 1.82) is 0 Å². The lowest BCUT2D eigenvalue weighted by Crippen LogP contribution is -2.38. The Hall–Kier alpha value is -1.95. The molecule has 1 rings (SSSR count). The molecule has 0 aliphatic rings. The fraction of sp³-hybridized carbons (Fsp3) is 0.579. The molecule has 25 heavy (non-hydrogen) atoms. The van der Waals surface area contributed by atoms with Crippen LogP contribution in [-0.4, -0.2) is 50.2 Å². The topological polar surface area (TPSA) is 55.8 Å². The van der Waals surface area contributed by atoms with Gasteiger partial charge in [-0.15, -0.1) is 0 Å². The van der Waals surface area contributed by atoms with Gasteiger partial charge in [-0.25, -0.2) is 4.39 Å². The minimum Gasteiger partial charge on any atom is -0.469 e. The first-order valence-corrected chi connectivity index (χ1v) is 8.70. The summed E-state index contributed by atoms with van der Waals surface area (Å²) in [5.74, 6) is -1.42. The van der Waals surface area contributed by atoms with Gasteiger partial charge in [-0.3, -0.25) is 9.59 Å². The Kier molecular flexibility index (Phi) is 9.77. The average molecular weight is 353 g/mol. The minimum atomic E-state index is -0.435. The molecule has 0 aliphatic heterocycles. The van der Waals surface area contributed by atoms with Crippen LogP contribution in [0.25, 0.3) is 0 Å². The van der Waals surface area contributed by atoms with Gasteiger partial charge in [0.15, 0.2) is 0 Å². The van der Waals surface area contributed by atoms with Crippen molar-refractivity contribution in [2.75, 3.05) is 33.4 Å². The van der Waals surface area contributed by atoms with Gasteiger partial charge in [0.2, 0.25) is 0 Å². The van der Waals surface area contributed by atoms with Crippen molar-refractivity contribution in [2.24, 2.45) is 5.92 Å². The number of hydrogen-bond donors (Lipinski definition) is 0. The van der Waals surface area contributed by atoms with Gasteiger partial charge in [0.1, 0.15) is 5.82 Å². The van der Waals surface area contributed by atoms with Crippen LogP contribution in [0.4, 0.5) is 4.39 Å². The van der Waals surface area contributed by atoms with Crippen molar-refractivity contribution in [3.63, 3.8) is 0 Å². The summed E-state index contributed by atoms with van der Waals surface area (Å²) in [6, 6.07) is 5.41. The highest BCUT2D eigenvalue weighted by Gasteiger charge is 2.22. The molecule has 0 saturated heterocycles. The van der Waals surface area contributed by atoms with E-state index in [9.17, 15) is 14.0 Å². The highest BCUT2D eigenvalue weighted by atomic mass is 19.1. The van der Waals surface area contributed by atoms with Crippen LogP contribution in [-0.2, 0) is 14.3 Å². The number of carbonyl (C=O) groups is 2. The predicted molar refractivity (Wildman–Crippen MR) is 93.8 cm³/mol. The quantitative estimate of drug-likeness (QED) is 0.452. The summed E-state index contributed by atoms with van der Waals surface area (Å²) in [6.07, 6.45) is 2.76. The summed E-state index contributed by atoms with van der Waals surface area (Å²) in [6.45, 7) is 5.79. The van der Waals surface area contributed by atoms with E-state index in [1.165, 1.54) is 31.4 Å². The molecule has 0 bridgehead atoms. The summed E-state index contributed by atoms with van der Waals surface area (Å²) in [7, 11) is 1.33. The fourth-order valence-electron chi connectivity index (χ4n) is 2.36. The summed E-state index contributed by atoms with van der Waals surface area (Å²) in [5.41, 5.74) is 0.394. The molecule has 140 valence electrons. The number of carbonyl (C=O) groups excluding carboxylic acids is 2. The monoisotopic (exact) mass is 353 g/mol. The van der Waals surface area contributed by atoms with Crippen LogP contribution in [0.1, 0.15) is 43.5 Å². The number of amides is 1. The number of halogens is 1. The summed E-state index contributed by atoms with van der Waals surface area (Å²) in [4.78, 5) is 25.9. The second kappa shape index (κ2) is 11.6. The molecule has 0 spiro atoms. The van der Waals surface area contributed by atoms with E-state index in [-0.39, 0.29) is 18.4 Å². The molecule has 1 atom stereocenters. The van der Waals surface area contributed by atoms with Gasteiger partial charge < -0.3 is 14.4 Å². The van der Waals surface area contributed by atoms with Gasteiger partial charge in [-0.05, 0) is 37.1 Å². The summed E-state index contributed by atoms with van der Waals surface area (Å²) >= 11 is 0. The van der Waals surface area contributed by atoms with Crippen molar-refractivity contribution >= 4 is 11.9 Å². The van der Waals surface area contributed by atoms with Gasteiger partial charge in [-0.1, -0.05) is 20.3 Å². The van der Waals surface area contributed by atoms with Crippen LogP contribution < -0.4 is 0 Å². The third-order valence-electron chi connectivity index (χ3n) is 3.84. The van der Waals surface area contributed by atoms with Crippen LogP contribution >= 0.6 is 0 Å². The Labute approximate surface area is 149 Å². The fourth-order valence-corrected chi connectivity index (χ4v) is 2.36. The third-order valence-corrected chi connectivity index (χ3v) is 3.84. The molecular weight excluding hydrogens is 325 g/mol. The molecule has 0 heterocycles. The number of rotatable bonds is 11. The van der Waals surface area contributed by atoms with Crippen LogP contribution in [0, 0.1) is 11.7 Å². The number of methoxy groups -OCH3 is 1. The van der Waals surface area contributed by atoms with E-state index in [1.807, 2.05) is 0 Å². The highest BCUT2D eigenvalue weighted by molar-refractivity contribution is 5.94. The SMILES string of the molecule is CCCCOCCCN(CC(C)C(=O)OC)C(=O)c1ccc(F)cc1. The molecular formula is C19H28FNO4. The lowest BCUT2D eigenvalue weighted by Gasteiger charge is -2.25. The molecule has 0 fully saturated rings. The zero-order valence-electron chi connectivity index (χ0n) is 15.3. The molecule has 0 aromatic heterocycles. The number of unbranched alkanes of at least 4 members (excludes halogenated alkanes) is 1. The largest absolute Gasteiger partial charge is 0.469 e. The van der Waals surface area contributed by atoms with Crippen molar-refractivity contribution in [1.82, 2.24) is 4.90 Å². The average Bonchev–Trinajstić information content (AvgIpc) is 2.62. The lowest BCUT2D eigenvalue weighted by atomic mass is 10.1. The second-order valence-corrected chi connectivity index (χ2v) is 6.00. The summed E-state index contributed by atoms with van der Waals surface area (Å²) < 4.78 is 23.3. The Bertz CT molecular complexity index is 533. The smallest absolute Gasteiger partial charge is 0.310 e. The van der Waals surface area contributed by atoms with Gasteiger partial charge in [-0.2, -0.15) is 0 Å². The first-order chi connectivity index (χ1) is 12.0. The highest BCUT2D eigenvalue weighted by Crippen LogP contribution is 2.11. The van der Waals surface area contributed by atoms with Crippen LogP contribution in [0.5, 0.6) is 0 Å². The van der Waals surface area contributed by atoms with Crippen molar-refractivity contribution in [3.8, 4) is 0 Å². The number of esters is 1. The normalized spacial score (nSPS) is 11.8. The van der Waals surface area contributed by atoms with Crippen molar-refractivity contribution in [3.05, 3.63) is 35.6 Å². The maximum Gasteiger partial charge on any atom is 0.310 e. The predicted octanol–water partition coefficient (Wildman–Crippen LogP) is 3.28. The number of hydrogen-bond acceptors (Lipinski definition) is 4. The van der Waals surface area contributed by atoms with Gasteiger partial charge in [0.25, 0.3) is 5.91 Å². The minimum absolute atomic E-state index is 0.232. The maximum atomic E-state index is 13.1. The van der Waals surface area contributed by atoms with E-state index in [4.69, 9.17) is 9.47 Å². The molecule has 1 aromatic rings. The first-order valence-electron chi connectivity index (χ1n) is 8.70. The zero-order valence-corrected chi connectivity index (χ0v) is 15.3. The molecule has 0 aliphatic carbocycles. The number of nitrogens with zero attached hydrogens (tertiary/aromatic N) is 1. The van der Waals surface area contributed by atoms with E-state index in [0.717, 1.165) is 12.8 Å². The Morgan fingerprint density at radius 3 is 2.40 bits per heavy atom. The van der Waals surface area contributed by atoms with Gasteiger partial charge in [0, 0.05) is 31.9 Å². The zero-order chi connectivity index (χ0) is 18.7. The van der Waals surface area contributed by atoms with Crippen LogP contribution in [0.2, 0.25) is 0 Å². The van der Waals surface area contributed by atoms with Crippen LogP contribution in [0.15, 0.2) is 24.3 Å². The molecule has 1 amide bonds. The maximum absolute atomic E-state index is 13.1. The van der Waals surface area contributed by atoms with Gasteiger partial charge in [0.05, 0.1) is 13.0 Å². The van der Waals surface area contributed by atoms with E-state index in [0.29, 0.717) is 31.7 Å². The molecule has 6 heteroatoms. The van der Waals surface area contributed by atoms with Crippen molar-refractivity contribution in [2.45, 2.75) is 33.1 Å². The Balaban J connectivity index is 2.67. The lowest BCUT2D eigenvalue weighted by molar-refractivity contribution is -0.145. The van der Waals surface area contributed by atoms with E-state index >= 15 is 0 Å². The van der Waals surface area contributed by atoms with E-state index in [2.05, 4.69) is 6.92 Å². The van der Waals surface area contributed by atoms with E-state index < -0.39 is 11.7 Å². The molecule has 5 nitrogen and oxygen atoms in total. The van der Waals surface area contributed by atoms with E-state index in [1.54, 1.807) is 11.8 Å². The molecule has 0 saturated carbocycles. The third kappa shape index (κ3) is 7.65. The number of benzene rings is 1. The standard InChI is InChI=1S/C19H28FNO4/c1-4-5-12-25-13-6-11-21(14-15(2)19(23)24-3)18(22)16-7-9-17(20)10-8-16/h7-10,15H,4-6,11-14H2,1-3H3. The molecule has 0 N–H and O–H groups in total. The Morgan fingerprint density at radius 1 is 1.16 bits per heavy atom. The summed E-state index contributed by atoms with van der Waals surface area (Å²) in [5, 5.41) is 0. The number of ether oxygens (including phenoxy) is 2.